The minimum absolute atomic E-state index is 0.165. The Kier molecular flexibility index (Phi) is 5.16. The highest BCUT2D eigenvalue weighted by Crippen LogP contribution is 2.13. The summed E-state index contributed by atoms with van der Waals surface area (Å²) in [6, 6.07) is 7.64. The van der Waals surface area contributed by atoms with Crippen LogP contribution in [-0.4, -0.2) is 18.8 Å². The van der Waals surface area contributed by atoms with E-state index < -0.39 is 0 Å². The van der Waals surface area contributed by atoms with Gasteiger partial charge in [-0.3, -0.25) is 4.79 Å². The SMILES string of the molecule is O=C(Cc1cccc(Br)c1)NOC1CCCCO1. The van der Waals surface area contributed by atoms with Gasteiger partial charge in [-0.25, -0.2) is 10.3 Å². The molecule has 1 saturated heterocycles. The standard InChI is InChI=1S/C13H16BrNO3/c14-11-5-3-4-10(8-11)9-12(16)15-18-13-6-1-2-7-17-13/h3-5,8,13H,1-2,6-7,9H2,(H,15,16). The lowest BCUT2D eigenvalue weighted by Gasteiger charge is -2.22. The van der Waals surface area contributed by atoms with Gasteiger partial charge in [0, 0.05) is 17.5 Å². The smallest absolute Gasteiger partial charge is 0.248 e. The molecule has 1 aliphatic heterocycles. The number of amides is 1. The van der Waals surface area contributed by atoms with E-state index in [4.69, 9.17) is 9.57 Å². The number of hydrogen-bond donors (Lipinski definition) is 1. The first kappa shape index (κ1) is 13.5. The first-order chi connectivity index (χ1) is 8.74. The number of hydroxylamine groups is 1. The van der Waals surface area contributed by atoms with E-state index in [1.807, 2.05) is 24.3 Å². The van der Waals surface area contributed by atoms with E-state index in [-0.39, 0.29) is 12.2 Å². The molecule has 1 unspecified atom stereocenters. The highest BCUT2D eigenvalue weighted by atomic mass is 79.9. The van der Waals surface area contributed by atoms with Crippen molar-refractivity contribution in [3.63, 3.8) is 0 Å². The summed E-state index contributed by atoms with van der Waals surface area (Å²) in [6.45, 7) is 0.701. The Bertz CT molecular complexity index is 405. The van der Waals surface area contributed by atoms with Crippen LogP contribution in [0.4, 0.5) is 0 Å². The molecule has 0 bridgehead atoms. The first-order valence-electron chi connectivity index (χ1n) is 6.04. The van der Waals surface area contributed by atoms with E-state index in [2.05, 4.69) is 21.4 Å². The molecule has 1 atom stereocenters. The number of halogens is 1. The van der Waals surface area contributed by atoms with Crippen LogP contribution >= 0.6 is 15.9 Å². The van der Waals surface area contributed by atoms with Crippen LogP contribution in [0.15, 0.2) is 28.7 Å². The molecule has 4 nitrogen and oxygen atoms in total. The van der Waals surface area contributed by atoms with Gasteiger partial charge in [-0.15, -0.1) is 0 Å². The minimum Gasteiger partial charge on any atom is -0.350 e. The number of carbonyl (C=O) groups is 1. The molecule has 0 aliphatic carbocycles. The summed E-state index contributed by atoms with van der Waals surface area (Å²) in [4.78, 5) is 16.9. The lowest BCUT2D eigenvalue weighted by Crippen LogP contribution is -2.33. The van der Waals surface area contributed by atoms with Crippen LogP contribution in [0.2, 0.25) is 0 Å². The zero-order valence-electron chi connectivity index (χ0n) is 10.0. The average Bonchev–Trinajstić information content (AvgIpc) is 2.38. The minimum atomic E-state index is -0.301. The number of rotatable bonds is 4. The Morgan fingerprint density at radius 1 is 1.50 bits per heavy atom. The fraction of sp³-hybridized carbons (Fsp3) is 0.462. The van der Waals surface area contributed by atoms with Gasteiger partial charge in [-0.05, 0) is 30.5 Å². The molecule has 1 fully saturated rings. The highest BCUT2D eigenvalue weighted by molar-refractivity contribution is 9.10. The van der Waals surface area contributed by atoms with Crippen molar-refractivity contribution in [1.82, 2.24) is 5.48 Å². The van der Waals surface area contributed by atoms with Gasteiger partial charge in [0.15, 0.2) is 6.29 Å². The topological polar surface area (TPSA) is 47.6 Å². The van der Waals surface area contributed by atoms with Crippen LogP contribution < -0.4 is 5.48 Å². The largest absolute Gasteiger partial charge is 0.350 e. The molecular formula is C13H16BrNO3. The second kappa shape index (κ2) is 6.87. The Labute approximate surface area is 115 Å². The van der Waals surface area contributed by atoms with Crippen LogP contribution in [-0.2, 0) is 20.8 Å². The summed E-state index contributed by atoms with van der Waals surface area (Å²) in [7, 11) is 0. The predicted molar refractivity (Wildman–Crippen MR) is 70.7 cm³/mol. The molecular weight excluding hydrogens is 298 g/mol. The number of benzene rings is 1. The molecule has 1 N–H and O–H groups in total. The maximum Gasteiger partial charge on any atom is 0.248 e. The fourth-order valence-corrected chi connectivity index (χ4v) is 2.25. The van der Waals surface area contributed by atoms with Crippen LogP contribution in [0.25, 0.3) is 0 Å². The molecule has 0 aromatic heterocycles. The van der Waals surface area contributed by atoms with E-state index >= 15 is 0 Å². The van der Waals surface area contributed by atoms with Gasteiger partial charge in [-0.1, -0.05) is 28.1 Å². The number of carbonyl (C=O) groups excluding carboxylic acids is 1. The Morgan fingerprint density at radius 3 is 3.11 bits per heavy atom. The molecule has 2 rings (SSSR count). The number of hydrogen-bond acceptors (Lipinski definition) is 3. The predicted octanol–water partition coefficient (Wildman–Crippen LogP) is 2.57. The second-order valence-corrected chi connectivity index (χ2v) is 5.16. The van der Waals surface area contributed by atoms with Crippen molar-refractivity contribution in [2.75, 3.05) is 6.61 Å². The monoisotopic (exact) mass is 313 g/mol. The Hall–Kier alpha value is -0.910. The van der Waals surface area contributed by atoms with Crippen LogP contribution in [0.5, 0.6) is 0 Å². The average molecular weight is 314 g/mol. The summed E-state index contributed by atoms with van der Waals surface area (Å²) in [5.74, 6) is -0.165. The molecule has 0 saturated carbocycles. The molecule has 1 aromatic carbocycles. The van der Waals surface area contributed by atoms with Crippen molar-refractivity contribution >= 4 is 21.8 Å². The maximum atomic E-state index is 11.7. The molecule has 1 amide bonds. The van der Waals surface area contributed by atoms with E-state index in [1.165, 1.54) is 0 Å². The normalized spacial score (nSPS) is 19.5. The second-order valence-electron chi connectivity index (χ2n) is 4.25. The summed E-state index contributed by atoms with van der Waals surface area (Å²) < 4.78 is 6.32. The number of nitrogens with one attached hydrogen (secondary N) is 1. The first-order valence-corrected chi connectivity index (χ1v) is 6.84. The molecule has 1 aromatic rings. The van der Waals surface area contributed by atoms with Crippen LogP contribution in [0.1, 0.15) is 24.8 Å². The van der Waals surface area contributed by atoms with E-state index in [1.54, 1.807) is 0 Å². The van der Waals surface area contributed by atoms with Crippen LogP contribution in [0.3, 0.4) is 0 Å². The third-order valence-electron chi connectivity index (χ3n) is 2.70. The van der Waals surface area contributed by atoms with Gasteiger partial charge in [0.1, 0.15) is 0 Å². The van der Waals surface area contributed by atoms with Crippen molar-refractivity contribution in [3.8, 4) is 0 Å². The lowest BCUT2D eigenvalue weighted by atomic mass is 10.1. The highest BCUT2D eigenvalue weighted by Gasteiger charge is 2.15. The Morgan fingerprint density at radius 2 is 2.39 bits per heavy atom. The molecule has 1 aliphatic rings. The van der Waals surface area contributed by atoms with Crippen molar-refractivity contribution in [1.29, 1.82) is 0 Å². The van der Waals surface area contributed by atoms with Crippen molar-refractivity contribution in [2.24, 2.45) is 0 Å². The summed E-state index contributed by atoms with van der Waals surface area (Å²) in [5.41, 5.74) is 3.38. The molecule has 5 heteroatoms. The Balaban J connectivity index is 1.74. The van der Waals surface area contributed by atoms with Gasteiger partial charge < -0.3 is 4.74 Å². The van der Waals surface area contributed by atoms with E-state index in [0.29, 0.717) is 13.0 Å². The summed E-state index contributed by atoms with van der Waals surface area (Å²) in [6.07, 6.45) is 2.96. The molecule has 18 heavy (non-hydrogen) atoms. The molecule has 0 spiro atoms. The van der Waals surface area contributed by atoms with Gasteiger partial charge >= 0.3 is 0 Å². The van der Waals surface area contributed by atoms with Crippen molar-refractivity contribution in [3.05, 3.63) is 34.3 Å². The van der Waals surface area contributed by atoms with Gasteiger partial charge in [0.05, 0.1) is 6.42 Å². The van der Waals surface area contributed by atoms with Crippen LogP contribution in [0, 0.1) is 0 Å². The molecule has 0 radical (unpaired) electrons. The van der Waals surface area contributed by atoms with Crippen molar-refractivity contribution in [2.45, 2.75) is 32.0 Å². The maximum absolute atomic E-state index is 11.7. The van der Waals surface area contributed by atoms with Gasteiger partial charge in [0.2, 0.25) is 5.91 Å². The van der Waals surface area contributed by atoms with Crippen molar-refractivity contribution < 1.29 is 14.4 Å². The van der Waals surface area contributed by atoms with E-state index in [0.717, 1.165) is 29.3 Å². The zero-order valence-corrected chi connectivity index (χ0v) is 11.6. The third kappa shape index (κ3) is 4.40. The number of ether oxygens (including phenoxy) is 1. The van der Waals surface area contributed by atoms with E-state index in [9.17, 15) is 4.79 Å². The fourth-order valence-electron chi connectivity index (χ4n) is 1.80. The molecule has 98 valence electrons. The summed E-state index contributed by atoms with van der Waals surface area (Å²) in [5, 5.41) is 0. The summed E-state index contributed by atoms with van der Waals surface area (Å²) >= 11 is 3.37. The molecule has 1 heterocycles. The third-order valence-corrected chi connectivity index (χ3v) is 3.19. The lowest BCUT2D eigenvalue weighted by molar-refractivity contribution is -0.200. The zero-order chi connectivity index (χ0) is 12.8. The van der Waals surface area contributed by atoms with Gasteiger partial charge in [0.25, 0.3) is 0 Å². The quantitative estimate of drug-likeness (QED) is 0.869. The van der Waals surface area contributed by atoms with Gasteiger partial charge in [-0.2, -0.15) is 0 Å².